The Labute approximate surface area is 186 Å². The zero-order valence-corrected chi connectivity index (χ0v) is 20.2. The van der Waals surface area contributed by atoms with Crippen LogP contribution in [-0.4, -0.2) is 60.0 Å². The molecule has 1 atom stereocenters. The van der Waals surface area contributed by atoms with E-state index in [0.717, 1.165) is 5.39 Å². The highest BCUT2D eigenvalue weighted by Gasteiger charge is 2.34. The first kappa shape index (κ1) is 23.0. The van der Waals surface area contributed by atoms with E-state index in [9.17, 15) is 13.2 Å². The van der Waals surface area contributed by atoms with E-state index in [1.165, 1.54) is 4.31 Å². The van der Waals surface area contributed by atoms with Crippen molar-refractivity contribution in [1.82, 2.24) is 14.2 Å². The summed E-state index contributed by atoms with van der Waals surface area (Å²) in [6.07, 6.45) is 4.22. The minimum atomic E-state index is -3.79. The second-order valence-electron chi connectivity index (χ2n) is 8.57. The number of fused-ring (bicyclic) bond motifs is 1. The Balaban J connectivity index is 1.94. The van der Waals surface area contributed by atoms with Gasteiger partial charge in [0.2, 0.25) is 10.0 Å². The Kier molecular flexibility index (Phi) is 6.74. The molecular weight excluding hydrogens is 470 g/mol. The first-order valence-electron chi connectivity index (χ1n) is 10.0. The Morgan fingerprint density at radius 1 is 1.20 bits per heavy atom. The highest BCUT2D eigenvalue weighted by molar-refractivity contribution is 9.10. The summed E-state index contributed by atoms with van der Waals surface area (Å²) >= 11 is 3.45. The smallest absolute Gasteiger partial charge is 0.410 e. The molecule has 3 rings (SSSR count). The van der Waals surface area contributed by atoms with Gasteiger partial charge in [-0.05, 0) is 62.5 Å². The molecule has 164 valence electrons. The van der Waals surface area contributed by atoms with Gasteiger partial charge in [-0.15, -0.1) is 0 Å². The van der Waals surface area contributed by atoms with Gasteiger partial charge in [-0.2, -0.15) is 4.31 Å². The predicted molar refractivity (Wildman–Crippen MR) is 120 cm³/mol. The normalized spacial score (nSPS) is 19.4. The van der Waals surface area contributed by atoms with Crippen LogP contribution in [0.15, 0.2) is 40.0 Å². The number of pyridine rings is 1. The van der Waals surface area contributed by atoms with Crippen molar-refractivity contribution in [3.05, 3.63) is 35.1 Å². The van der Waals surface area contributed by atoms with Crippen molar-refractivity contribution in [3.8, 4) is 0 Å². The van der Waals surface area contributed by atoms with Crippen molar-refractivity contribution < 1.29 is 17.9 Å². The molecule has 1 aliphatic heterocycles. The first-order valence-corrected chi connectivity index (χ1v) is 12.3. The summed E-state index contributed by atoms with van der Waals surface area (Å²) in [6.45, 7) is 8.54. The molecule has 9 heteroatoms. The van der Waals surface area contributed by atoms with E-state index in [-0.39, 0.29) is 11.4 Å². The van der Waals surface area contributed by atoms with Gasteiger partial charge in [-0.1, -0.05) is 12.1 Å². The summed E-state index contributed by atoms with van der Waals surface area (Å²) in [5, 5.41) is 1.37. The summed E-state index contributed by atoms with van der Waals surface area (Å²) in [7, 11) is -3.79. The number of benzene rings is 1. The molecule has 1 aliphatic rings. The maximum Gasteiger partial charge on any atom is 0.410 e. The fourth-order valence-electron chi connectivity index (χ4n) is 3.64. The molecule has 0 bridgehead atoms. The third-order valence-corrected chi connectivity index (χ3v) is 7.63. The lowest BCUT2D eigenvalue weighted by Crippen LogP contribution is -2.50. The third kappa shape index (κ3) is 4.95. The molecule has 0 aliphatic carbocycles. The van der Waals surface area contributed by atoms with Crippen molar-refractivity contribution in [1.29, 1.82) is 0 Å². The number of aromatic nitrogens is 1. The van der Waals surface area contributed by atoms with Crippen molar-refractivity contribution in [2.75, 3.05) is 19.6 Å². The van der Waals surface area contributed by atoms with Crippen LogP contribution >= 0.6 is 15.9 Å². The lowest BCUT2D eigenvalue weighted by Gasteiger charge is -2.36. The van der Waals surface area contributed by atoms with E-state index in [4.69, 9.17) is 4.74 Å². The number of ether oxygens (including phenoxy) is 1. The Morgan fingerprint density at radius 2 is 1.90 bits per heavy atom. The molecular formula is C21H28BrN3O4S. The van der Waals surface area contributed by atoms with E-state index >= 15 is 0 Å². The first-order chi connectivity index (χ1) is 14.0. The molecule has 0 spiro atoms. The van der Waals surface area contributed by atoms with Gasteiger partial charge in [-0.25, -0.2) is 13.2 Å². The lowest BCUT2D eigenvalue weighted by atomic mass is 10.2. The summed E-state index contributed by atoms with van der Waals surface area (Å²) in [5.41, 5.74) is -0.599. The van der Waals surface area contributed by atoms with E-state index < -0.39 is 27.8 Å². The van der Waals surface area contributed by atoms with E-state index in [0.29, 0.717) is 35.8 Å². The fraction of sp³-hybridized carbons (Fsp3) is 0.524. The molecule has 2 aromatic rings. The molecule has 0 radical (unpaired) electrons. The summed E-state index contributed by atoms with van der Waals surface area (Å²) in [4.78, 5) is 18.6. The van der Waals surface area contributed by atoms with Crippen LogP contribution in [0.1, 0.15) is 40.5 Å². The topological polar surface area (TPSA) is 79.8 Å². The highest BCUT2D eigenvalue weighted by atomic mass is 79.9. The monoisotopic (exact) mass is 497 g/mol. The van der Waals surface area contributed by atoms with E-state index in [2.05, 4.69) is 20.9 Å². The van der Waals surface area contributed by atoms with Gasteiger partial charge in [0.05, 0.1) is 4.90 Å². The average Bonchev–Trinajstić information content (AvgIpc) is 2.63. The van der Waals surface area contributed by atoms with Crippen LogP contribution in [0, 0.1) is 0 Å². The van der Waals surface area contributed by atoms with Gasteiger partial charge in [0, 0.05) is 53.3 Å². The molecule has 30 heavy (non-hydrogen) atoms. The van der Waals surface area contributed by atoms with E-state index in [1.54, 1.807) is 29.4 Å². The largest absolute Gasteiger partial charge is 0.444 e. The van der Waals surface area contributed by atoms with Crippen molar-refractivity contribution >= 4 is 42.8 Å². The second kappa shape index (κ2) is 8.80. The van der Waals surface area contributed by atoms with Gasteiger partial charge >= 0.3 is 6.09 Å². The minimum absolute atomic E-state index is 0.241. The Morgan fingerprint density at radius 3 is 2.60 bits per heavy atom. The van der Waals surface area contributed by atoms with E-state index in [1.807, 2.05) is 33.8 Å². The molecule has 1 unspecified atom stereocenters. The van der Waals surface area contributed by atoms with Gasteiger partial charge in [0.15, 0.2) is 0 Å². The van der Waals surface area contributed by atoms with Crippen LogP contribution in [0.25, 0.3) is 10.8 Å². The standard InChI is InChI=1S/C21H28BrN3O4S/c1-15-14-24(20(26)29-21(2,3)4)10-5-6-11-25(15)30(27,28)18-9-7-8-16-12-23-13-17(22)19(16)18/h7-9,12-13,15H,5-6,10-11,14H2,1-4H3. The molecule has 0 N–H and O–H groups in total. The maximum atomic E-state index is 13.7. The maximum absolute atomic E-state index is 13.7. The van der Waals surface area contributed by atoms with Crippen LogP contribution in [0.5, 0.6) is 0 Å². The molecule has 1 amide bonds. The van der Waals surface area contributed by atoms with Crippen molar-refractivity contribution in [2.24, 2.45) is 0 Å². The quantitative estimate of drug-likeness (QED) is 0.613. The molecule has 0 saturated carbocycles. The lowest BCUT2D eigenvalue weighted by molar-refractivity contribution is 0.0198. The fourth-order valence-corrected chi connectivity index (χ4v) is 6.23. The molecule has 1 saturated heterocycles. The van der Waals surface area contributed by atoms with Crippen molar-refractivity contribution in [3.63, 3.8) is 0 Å². The van der Waals surface area contributed by atoms with Crippen LogP contribution in [0.2, 0.25) is 0 Å². The van der Waals surface area contributed by atoms with Crippen LogP contribution < -0.4 is 0 Å². The number of rotatable bonds is 2. The number of halogens is 1. The molecule has 7 nitrogen and oxygen atoms in total. The number of sulfonamides is 1. The number of carbonyl (C=O) groups is 1. The van der Waals surface area contributed by atoms with Crippen molar-refractivity contribution in [2.45, 2.75) is 57.1 Å². The number of hydrogen-bond acceptors (Lipinski definition) is 5. The average molecular weight is 498 g/mol. The summed E-state index contributed by atoms with van der Waals surface area (Å²) in [5.74, 6) is 0. The molecule has 1 aromatic heterocycles. The second-order valence-corrected chi connectivity index (χ2v) is 11.3. The number of hydrogen-bond donors (Lipinski definition) is 0. The molecule has 2 heterocycles. The zero-order chi connectivity index (χ0) is 22.1. The highest BCUT2D eigenvalue weighted by Crippen LogP contribution is 2.32. The third-order valence-electron chi connectivity index (χ3n) is 4.97. The molecule has 1 fully saturated rings. The molecule has 1 aromatic carbocycles. The number of amides is 1. The summed E-state index contributed by atoms with van der Waals surface area (Å²) < 4.78 is 35.0. The Bertz CT molecular complexity index is 1030. The minimum Gasteiger partial charge on any atom is -0.444 e. The van der Waals surface area contributed by atoms with Crippen LogP contribution in [-0.2, 0) is 14.8 Å². The van der Waals surface area contributed by atoms with Gasteiger partial charge < -0.3 is 9.64 Å². The van der Waals surface area contributed by atoms with Crippen LogP contribution in [0.4, 0.5) is 4.79 Å². The van der Waals surface area contributed by atoms with Gasteiger partial charge in [0.25, 0.3) is 0 Å². The Hall–Kier alpha value is -1.71. The number of nitrogens with zero attached hydrogens (tertiary/aromatic N) is 3. The SMILES string of the molecule is CC1CN(C(=O)OC(C)(C)C)CCCCN1S(=O)(=O)c1cccc2cncc(Br)c12. The van der Waals surface area contributed by atoms with Gasteiger partial charge in [0.1, 0.15) is 5.60 Å². The number of carbonyl (C=O) groups excluding carboxylic acids is 1. The predicted octanol–water partition coefficient (Wildman–Crippen LogP) is 4.41. The zero-order valence-electron chi connectivity index (χ0n) is 17.8. The summed E-state index contributed by atoms with van der Waals surface area (Å²) in [6, 6.07) is 4.80. The van der Waals surface area contributed by atoms with Gasteiger partial charge in [-0.3, -0.25) is 4.98 Å². The van der Waals surface area contributed by atoms with Crippen LogP contribution in [0.3, 0.4) is 0 Å².